The van der Waals surface area contributed by atoms with Crippen molar-refractivity contribution in [3.05, 3.63) is 60.4 Å². The van der Waals surface area contributed by atoms with Gasteiger partial charge in [-0.3, -0.25) is 8.80 Å². The second-order valence-electron chi connectivity index (χ2n) is 10.4. The molecule has 1 N–H and O–H groups in total. The number of hydrogen-bond acceptors (Lipinski definition) is 11. The molecule has 0 aliphatic carbocycles. The van der Waals surface area contributed by atoms with E-state index in [9.17, 15) is 26.4 Å². The van der Waals surface area contributed by atoms with Gasteiger partial charge >= 0.3 is 11.9 Å². The Labute approximate surface area is 260 Å². The van der Waals surface area contributed by atoms with Gasteiger partial charge in [0.05, 0.1) is 42.0 Å². The smallest absolute Gasteiger partial charge is 0.356 e. The van der Waals surface area contributed by atoms with E-state index in [-0.39, 0.29) is 48.3 Å². The van der Waals surface area contributed by atoms with Crippen molar-refractivity contribution in [1.29, 1.82) is 0 Å². The summed E-state index contributed by atoms with van der Waals surface area (Å²) in [5.41, 5.74) is 1.50. The topological polar surface area (TPSA) is 185 Å². The summed E-state index contributed by atoms with van der Waals surface area (Å²) in [5.74, 6) is 0.322. The number of carboxylic acid groups (broad SMARTS) is 1. The zero-order valence-corrected chi connectivity index (χ0v) is 25.5. The van der Waals surface area contributed by atoms with Crippen LogP contribution in [0.1, 0.15) is 61.0 Å². The minimum atomic E-state index is -2.91. The van der Waals surface area contributed by atoms with Gasteiger partial charge in [0.1, 0.15) is 35.0 Å². The zero-order chi connectivity index (χ0) is 31.5. The molecule has 6 heterocycles. The molecule has 4 aromatic rings. The number of nitrogens with zero attached hydrogens (tertiary/aromatic N) is 4. The van der Waals surface area contributed by atoms with Crippen molar-refractivity contribution < 1.29 is 45.7 Å². The minimum absolute atomic E-state index is 0. The molecule has 4 aromatic heterocycles. The molecule has 0 saturated carbocycles. The number of pyridine rings is 2. The quantitative estimate of drug-likeness (QED) is 0.285. The number of ether oxygens (including phenoxy) is 3. The maximum Gasteiger partial charge on any atom is 0.356 e. The highest BCUT2D eigenvalue weighted by atomic mass is 32.2. The van der Waals surface area contributed by atoms with Gasteiger partial charge in [-0.05, 0) is 44.7 Å². The molecule has 6 rings (SSSR count). The van der Waals surface area contributed by atoms with E-state index in [2.05, 4.69) is 9.97 Å². The molecule has 0 bridgehead atoms. The van der Waals surface area contributed by atoms with E-state index in [1.807, 2.05) is 0 Å². The minimum Gasteiger partial charge on any atom is -0.490 e. The second-order valence-corrected chi connectivity index (χ2v) is 15.0. The van der Waals surface area contributed by atoms with Crippen LogP contribution in [0.3, 0.4) is 0 Å². The summed E-state index contributed by atoms with van der Waals surface area (Å²) in [6.45, 7) is 2.05. The van der Waals surface area contributed by atoms with Crippen LogP contribution in [0.15, 0.2) is 49.1 Å². The lowest BCUT2D eigenvalue weighted by atomic mass is 10.2. The number of carboxylic acids is 1. The van der Waals surface area contributed by atoms with Crippen molar-refractivity contribution in [2.75, 3.05) is 29.6 Å². The lowest BCUT2D eigenvalue weighted by Gasteiger charge is -2.23. The molecule has 2 aliphatic heterocycles. The van der Waals surface area contributed by atoms with E-state index in [4.69, 9.17) is 19.3 Å². The fourth-order valence-corrected chi connectivity index (χ4v) is 7.84. The summed E-state index contributed by atoms with van der Waals surface area (Å²) in [6, 6.07) is 6.77. The molecule has 0 aromatic carbocycles. The Hall–Kier alpha value is -4.18. The Kier molecular flexibility index (Phi) is 10.4. The van der Waals surface area contributed by atoms with Gasteiger partial charge in [-0.15, -0.1) is 0 Å². The van der Waals surface area contributed by atoms with Crippen molar-refractivity contribution in [1.82, 2.24) is 18.8 Å². The molecule has 0 unspecified atom stereocenters. The number of rotatable bonds is 7. The maximum atomic E-state index is 11.8. The highest BCUT2D eigenvalue weighted by Crippen LogP contribution is 2.23. The zero-order valence-electron chi connectivity index (χ0n) is 23.9. The Morgan fingerprint density at radius 2 is 1.22 bits per heavy atom. The highest BCUT2D eigenvalue weighted by Gasteiger charge is 2.26. The van der Waals surface area contributed by atoms with Crippen LogP contribution in [0.4, 0.5) is 0 Å². The summed E-state index contributed by atoms with van der Waals surface area (Å²) >= 11 is 0. The van der Waals surface area contributed by atoms with Crippen LogP contribution < -0.4 is 9.47 Å². The third-order valence-electron chi connectivity index (χ3n) is 7.28. The number of fused-ring (bicyclic) bond motifs is 2. The molecule has 2 saturated heterocycles. The molecule has 14 nitrogen and oxygen atoms in total. The summed E-state index contributed by atoms with van der Waals surface area (Å²) < 4.78 is 65.3. The average Bonchev–Trinajstić information content (AvgIpc) is 3.60. The van der Waals surface area contributed by atoms with Gasteiger partial charge in [-0.2, -0.15) is 0 Å². The number of sulfone groups is 2. The van der Waals surface area contributed by atoms with Crippen molar-refractivity contribution in [3.8, 4) is 11.5 Å². The lowest BCUT2D eigenvalue weighted by Crippen LogP contribution is -2.30. The number of carbonyl (C=O) groups is 2. The van der Waals surface area contributed by atoms with Crippen molar-refractivity contribution in [2.45, 2.75) is 52.2 Å². The largest absolute Gasteiger partial charge is 0.490 e. The predicted molar refractivity (Wildman–Crippen MR) is 165 cm³/mol. The van der Waals surface area contributed by atoms with E-state index >= 15 is 0 Å². The lowest BCUT2D eigenvalue weighted by molar-refractivity contribution is 0.0517. The van der Waals surface area contributed by atoms with Crippen LogP contribution in [0.2, 0.25) is 0 Å². The standard InChI is InChI=1S/C15H18N2O5S.C13H14N2O5S.CH4/c1-2-21-15(18)13-10-16-14-9-12(3-6-17(13)14)22-11-4-7-23(19,20)8-5-11;16-13(17)11-8-14-12-7-10(1-4-15(11)12)20-9-2-5-21(18,19)6-3-9;/h3,6,9-11H,2,4-5,7-8H2,1H3;1,4,7-9H,2-3,5-6H2,(H,16,17);1H4. The van der Waals surface area contributed by atoms with Gasteiger partial charge in [0.2, 0.25) is 0 Å². The molecule has 16 heteroatoms. The molecule has 45 heavy (non-hydrogen) atoms. The first kappa shape index (κ1) is 33.7. The molecule has 0 amide bonds. The highest BCUT2D eigenvalue weighted by molar-refractivity contribution is 7.91. The number of aromatic carboxylic acids is 1. The van der Waals surface area contributed by atoms with Crippen molar-refractivity contribution in [3.63, 3.8) is 0 Å². The fraction of sp³-hybridized carbons (Fsp3) is 0.448. The van der Waals surface area contributed by atoms with E-state index in [0.29, 0.717) is 60.8 Å². The fourth-order valence-electron chi connectivity index (χ4n) is 4.94. The molecule has 0 spiro atoms. The van der Waals surface area contributed by atoms with Crippen LogP contribution in [0.25, 0.3) is 11.3 Å². The van der Waals surface area contributed by atoms with Gasteiger partial charge in [-0.1, -0.05) is 7.43 Å². The summed E-state index contributed by atoms with van der Waals surface area (Å²) in [7, 11) is -5.81. The van der Waals surface area contributed by atoms with Gasteiger partial charge in [0.25, 0.3) is 0 Å². The number of carbonyl (C=O) groups excluding carboxylic acids is 1. The van der Waals surface area contributed by atoms with E-state index in [0.717, 1.165) is 0 Å². The molecular formula is C29H36N4O10S2. The van der Waals surface area contributed by atoms with Crippen LogP contribution >= 0.6 is 0 Å². The Balaban J connectivity index is 0.000000201. The SMILES string of the molecule is C.CCOC(=O)c1cnc2cc(OC3CCS(=O)(=O)CC3)ccn12.O=C(O)c1cnc2cc(OC3CCS(=O)(=O)CC3)ccn12. The predicted octanol–water partition coefficient (Wildman–Crippen LogP) is 3.09. The van der Waals surface area contributed by atoms with Crippen LogP contribution in [0, 0.1) is 0 Å². The molecule has 0 atom stereocenters. The van der Waals surface area contributed by atoms with Crippen LogP contribution in [-0.2, 0) is 24.4 Å². The second kappa shape index (κ2) is 13.9. The maximum absolute atomic E-state index is 11.8. The van der Waals surface area contributed by atoms with Gasteiger partial charge in [-0.25, -0.2) is 36.4 Å². The summed E-state index contributed by atoms with van der Waals surface area (Å²) in [4.78, 5) is 31.0. The van der Waals surface area contributed by atoms with E-state index in [1.54, 1.807) is 48.0 Å². The Morgan fingerprint density at radius 3 is 1.64 bits per heavy atom. The summed E-state index contributed by atoms with van der Waals surface area (Å²) in [6.07, 6.45) is 7.73. The summed E-state index contributed by atoms with van der Waals surface area (Å²) in [5, 5.41) is 9.00. The van der Waals surface area contributed by atoms with Gasteiger partial charge in [0.15, 0.2) is 31.1 Å². The monoisotopic (exact) mass is 664 g/mol. The van der Waals surface area contributed by atoms with Crippen molar-refractivity contribution in [2.24, 2.45) is 0 Å². The van der Waals surface area contributed by atoms with Crippen LogP contribution in [0.5, 0.6) is 11.5 Å². The van der Waals surface area contributed by atoms with Gasteiger partial charge < -0.3 is 19.3 Å². The molecule has 244 valence electrons. The number of esters is 1. The first-order valence-electron chi connectivity index (χ1n) is 14.0. The normalized spacial score (nSPS) is 17.9. The number of imidazole rings is 2. The number of hydrogen-bond donors (Lipinski definition) is 1. The van der Waals surface area contributed by atoms with E-state index < -0.39 is 31.6 Å². The Bertz CT molecular complexity index is 1870. The molecule has 0 radical (unpaired) electrons. The first-order chi connectivity index (χ1) is 20.9. The molecule has 2 aliphatic rings. The van der Waals surface area contributed by atoms with Gasteiger partial charge in [0, 0.05) is 24.5 Å². The Morgan fingerprint density at radius 1 is 0.800 bits per heavy atom. The first-order valence-corrected chi connectivity index (χ1v) is 17.7. The van der Waals surface area contributed by atoms with Crippen LogP contribution in [-0.4, -0.2) is 94.5 Å². The third kappa shape index (κ3) is 8.30. The van der Waals surface area contributed by atoms with E-state index in [1.165, 1.54) is 16.8 Å². The third-order valence-corrected chi connectivity index (χ3v) is 10.7. The molecule has 2 fully saturated rings. The number of aromatic nitrogens is 4. The average molecular weight is 665 g/mol. The molecular weight excluding hydrogens is 628 g/mol. The van der Waals surface area contributed by atoms with Crippen molar-refractivity contribution >= 4 is 42.9 Å².